The molecule has 0 bridgehead atoms. The molecule has 8 nitrogen and oxygen atoms in total. The molecule has 0 aromatic carbocycles. The van der Waals surface area contributed by atoms with E-state index in [-0.39, 0.29) is 0 Å². The van der Waals surface area contributed by atoms with Crippen molar-refractivity contribution in [1.82, 2.24) is 14.8 Å². The predicted octanol–water partition coefficient (Wildman–Crippen LogP) is 4.95. The van der Waals surface area contributed by atoms with Crippen LogP contribution in [0.5, 0.6) is 11.5 Å². The van der Waals surface area contributed by atoms with Gasteiger partial charge in [0.1, 0.15) is 22.9 Å². The van der Waals surface area contributed by atoms with Gasteiger partial charge < -0.3 is 14.2 Å². The van der Waals surface area contributed by atoms with Crippen molar-refractivity contribution < 1.29 is 19.0 Å². The Bertz CT molecular complexity index is 941. The molecule has 1 fully saturated rings. The van der Waals surface area contributed by atoms with Crippen molar-refractivity contribution >= 4 is 17.5 Å². The van der Waals surface area contributed by atoms with Crippen LogP contribution >= 0.6 is 0 Å². The first-order valence-corrected chi connectivity index (χ1v) is 10.4. The Morgan fingerprint density at radius 3 is 2.93 bits per heavy atom. The van der Waals surface area contributed by atoms with Gasteiger partial charge in [0.05, 0.1) is 18.8 Å². The van der Waals surface area contributed by atoms with E-state index < -0.39 is 11.7 Å². The van der Waals surface area contributed by atoms with Crippen molar-refractivity contribution in [3.05, 3.63) is 36.3 Å². The number of carbonyl (C=O) groups is 1. The number of allylic oxidation sites excluding steroid dienone is 1. The second-order valence-corrected chi connectivity index (χ2v) is 8.57. The highest BCUT2D eigenvalue weighted by Crippen LogP contribution is 2.39. The van der Waals surface area contributed by atoms with Gasteiger partial charge in [-0.2, -0.15) is 5.10 Å². The van der Waals surface area contributed by atoms with Gasteiger partial charge in [0.25, 0.3) is 0 Å². The van der Waals surface area contributed by atoms with Crippen LogP contribution in [-0.4, -0.2) is 39.7 Å². The van der Waals surface area contributed by atoms with E-state index in [1.165, 1.54) is 0 Å². The average Bonchev–Trinajstić information content (AvgIpc) is 3.47. The number of hydrogen-bond acceptors (Lipinski definition) is 6. The highest BCUT2D eigenvalue weighted by atomic mass is 16.6. The van der Waals surface area contributed by atoms with Crippen molar-refractivity contribution in [2.45, 2.75) is 58.1 Å². The van der Waals surface area contributed by atoms with Gasteiger partial charge in [-0.3, -0.25) is 10.00 Å². The number of amides is 1. The van der Waals surface area contributed by atoms with Crippen LogP contribution in [0.4, 0.5) is 10.6 Å². The molecular formula is C22H28N4O4. The molecule has 0 spiro atoms. The second-order valence-electron chi connectivity index (χ2n) is 8.57. The Morgan fingerprint density at radius 1 is 1.33 bits per heavy atom. The SMILES string of the molecule is CC(C)(C)OC(=O)Nc1cc(Oc2cn(C3CC3)nc2C2=CCOCCC2)ccn1. The van der Waals surface area contributed by atoms with Crippen LogP contribution in [-0.2, 0) is 9.47 Å². The van der Waals surface area contributed by atoms with Gasteiger partial charge in [0, 0.05) is 18.9 Å². The standard InChI is InChI=1S/C22H28N4O4/c1-22(2,3)30-21(27)24-19-13-17(8-10-23-19)29-18-14-26(16-6-7-16)25-20(18)15-5-4-11-28-12-9-15/h8-10,13-14,16H,4-7,11-12H2,1-3H3,(H,23,24,27). The number of pyridine rings is 1. The lowest BCUT2D eigenvalue weighted by atomic mass is 10.1. The van der Waals surface area contributed by atoms with Crippen LogP contribution in [0, 0.1) is 0 Å². The molecule has 2 aromatic heterocycles. The minimum Gasteiger partial charge on any atom is -0.453 e. The van der Waals surface area contributed by atoms with Gasteiger partial charge in [0.15, 0.2) is 5.75 Å². The summed E-state index contributed by atoms with van der Waals surface area (Å²) in [5.74, 6) is 1.63. The summed E-state index contributed by atoms with van der Waals surface area (Å²) in [6.07, 6.45) is 9.22. The van der Waals surface area contributed by atoms with Crippen molar-refractivity contribution in [1.29, 1.82) is 0 Å². The summed E-state index contributed by atoms with van der Waals surface area (Å²) in [7, 11) is 0. The third-order valence-electron chi connectivity index (χ3n) is 4.69. The summed E-state index contributed by atoms with van der Waals surface area (Å²) in [4.78, 5) is 16.2. The van der Waals surface area contributed by atoms with Gasteiger partial charge in [0.2, 0.25) is 0 Å². The number of rotatable bonds is 5. The maximum atomic E-state index is 12.0. The van der Waals surface area contributed by atoms with E-state index >= 15 is 0 Å². The fourth-order valence-electron chi connectivity index (χ4n) is 3.20. The van der Waals surface area contributed by atoms with E-state index in [9.17, 15) is 4.79 Å². The van der Waals surface area contributed by atoms with Crippen LogP contribution in [0.3, 0.4) is 0 Å². The molecule has 3 heterocycles. The minimum atomic E-state index is -0.583. The lowest BCUT2D eigenvalue weighted by molar-refractivity contribution is 0.0635. The van der Waals surface area contributed by atoms with Crippen LogP contribution in [0.2, 0.25) is 0 Å². The normalized spacial score (nSPS) is 17.1. The maximum absolute atomic E-state index is 12.0. The van der Waals surface area contributed by atoms with Gasteiger partial charge in [-0.1, -0.05) is 6.08 Å². The molecule has 0 unspecified atom stereocenters. The first kappa shape index (κ1) is 20.4. The second kappa shape index (κ2) is 8.47. The molecule has 0 saturated heterocycles. The molecule has 0 radical (unpaired) electrons. The number of aromatic nitrogens is 3. The summed E-state index contributed by atoms with van der Waals surface area (Å²) < 4.78 is 19.0. The van der Waals surface area contributed by atoms with Crippen LogP contribution in [0.1, 0.15) is 58.2 Å². The van der Waals surface area contributed by atoms with Crippen molar-refractivity contribution in [2.75, 3.05) is 18.5 Å². The Hall–Kier alpha value is -2.87. The van der Waals surface area contributed by atoms with Gasteiger partial charge in [-0.25, -0.2) is 9.78 Å². The Kier molecular flexibility index (Phi) is 5.76. The quantitative estimate of drug-likeness (QED) is 0.748. The zero-order valence-corrected chi connectivity index (χ0v) is 17.7. The topological polar surface area (TPSA) is 87.5 Å². The van der Waals surface area contributed by atoms with E-state index in [0.29, 0.717) is 30.0 Å². The Labute approximate surface area is 176 Å². The molecule has 0 atom stereocenters. The number of hydrogen-bond donors (Lipinski definition) is 1. The molecular weight excluding hydrogens is 384 g/mol. The monoisotopic (exact) mass is 412 g/mol. The minimum absolute atomic E-state index is 0.361. The largest absolute Gasteiger partial charge is 0.453 e. The lowest BCUT2D eigenvalue weighted by Gasteiger charge is -2.19. The maximum Gasteiger partial charge on any atom is 0.413 e. The fourth-order valence-corrected chi connectivity index (χ4v) is 3.20. The summed E-state index contributed by atoms with van der Waals surface area (Å²) >= 11 is 0. The Morgan fingerprint density at radius 2 is 2.17 bits per heavy atom. The number of nitrogens with one attached hydrogen (secondary N) is 1. The number of anilines is 1. The van der Waals surface area contributed by atoms with Crippen LogP contribution in [0.25, 0.3) is 5.57 Å². The van der Waals surface area contributed by atoms with E-state index in [4.69, 9.17) is 19.3 Å². The third-order valence-corrected chi connectivity index (χ3v) is 4.69. The average molecular weight is 412 g/mol. The van der Waals surface area contributed by atoms with Crippen molar-refractivity contribution in [3.63, 3.8) is 0 Å². The molecule has 4 rings (SSSR count). The summed E-state index contributed by atoms with van der Waals surface area (Å²) in [5, 5.41) is 7.45. The van der Waals surface area contributed by atoms with Crippen molar-refractivity contribution in [3.8, 4) is 11.5 Å². The van der Waals surface area contributed by atoms with Gasteiger partial charge in [-0.05, 0) is 58.1 Å². The first-order chi connectivity index (χ1) is 14.4. The van der Waals surface area contributed by atoms with Crippen LogP contribution < -0.4 is 10.1 Å². The van der Waals surface area contributed by atoms with Crippen molar-refractivity contribution in [2.24, 2.45) is 0 Å². The fraction of sp³-hybridized carbons (Fsp3) is 0.500. The number of ether oxygens (including phenoxy) is 3. The molecule has 8 heteroatoms. The summed E-state index contributed by atoms with van der Waals surface area (Å²) in [6, 6.07) is 3.88. The third kappa shape index (κ3) is 5.38. The van der Waals surface area contributed by atoms with Gasteiger partial charge in [-0.15, -0.1) is 0 Å². The van der Waals surface area contributed by atoms with Crippen LogP contribution in [0.15, 0.2) is 30.6 Å². The van der Waals surface area contributed by atoms with E-state index in [1.807, 2.05) is 31.6 Å². The smallest absolute Gasteiger partial charge is 0.413 e. The number of nitrogens with zero attached hydrogens (tertiary/aromatic N) is 3. The zero-order chi connectivity index (χ0) is 21.1. The van der Waals surface area contributed by atoms with E-state index in [1.54, 1.807) is 18.3 Å². The summed E-state index contributed by atoms with van der Waals surface area (Å²) in [5.41, 5.74) is 1.41. The van der Waals surface area contributed by atoms with Gasteiger partial charge >= 0.3 is 6.09 Å². The molecule has 30 heavy (non-hydrogen) atoms. The van der Waals surface area contributed by atoms with E-state index in [2.05, 4.69) is 16.4 Å². The molecule has 1 amide bonds. The molecule has 2 aromatic rings. The highest BCUT2D eigenvalue weighted by molar-refractivity contribution is 5.83. The molecule has 2 aliphatic rings. The molecule has 160 valence electrons. The zero-order valence-electron chi connectivity index (χ0n) is 17.7. The molecule has 1 N–H and O–H groups in total. The number of carbonyl (C=O) groups excluding carboxylic acids is 1. The molecule has 1 saturated carbocycles. The summed E-state index contributed by atoms with van der Waals surface area (Å²) in [6.45, 7) is 6.78. The molecule has 1 aliphatic carbocycles. The lowest BCUT2D eigenvalue weighted by Crippen LogP contribution is -2.27. The first-order valence-electron chi connectivity index (χ1n) is 10.4. The highest BCUT2D eigenvalue weighted by Gasteiger charge is 2.27. The molecule has 1 aliphatic heterocycles. The van der Waals surface area contributed by atoms with E-state index in [0.717, 1.165) is 43.6 Å². The predicted molar refractivity (Wildman–Crippen MR) is 113 cm³/mol. The Balaban J connectivity index is 1.54.